The molecule has 3 rings (SSSR count). The molecule has 1 amide bonds. The minimum Gasteiger partial charge on any atom is -0.497 e. The van der Waals surface area contributed by atoms with E-state index in [0.29, 0.717) is 22.3 Å². The van der Waals surface area contributed by atoms with Crippen molar-refractivity contribution in [1.29, 1.82) is 0 Å². The third-order valence-corrected chi connectivity index (χ3v) is 3.91. The number of amides is 1. The molecule has 0 aromatic heterocycles. The summed E-state index contributed by atoms with van der Waals surface area (Å²) in [5, 5.41) is 3.31. The number of carbonyl (C=O) groups is 1. The summed E-state index contributed by atoms with van der Waals surface area (Å²) in [5.74, 6) is 1.11. The standard InChI is InChI=1S/C18H16N2O3S/c1-22-14-8-9-16(23-2)12(10-14)11-15-17(21)20(18(24)19-15)13-6-4-3-5-7-13/h3-11H,1-2H3,(H,19,24)/b15-11+. The minimum absolute atomic E-state index is 0.212. The molecule has 24 heavy (non-hydrogen) atoms. The fourth-order valence-corrected chi connectivity index (χ4v) is 2.75. The van der Waals surface area contributed by atoms with E-state index in [4.69, 9.17) is 21.7 Å². The van der Waals surface area contributed by atoms with Crippen LogP contribution < -0.4 is 19.7 Å². The molecule has 1 N–H and O–H groups in total. The Morgan fingerprint density at radius 1 is 1.08 bits per heavy atom. The quantitative estimate of drug-likeness (QED) is 0.685. The van der Waals surface area contributed by atoms with Gasteiger partial charge >= 0.3 is 0 Å². The lowest BCUT2D eigenvalue weighted by Gasteiger charge is -2.13. The van der Waals surface area contributed by atoms with Crippen LogP contribution in [0, 0.1) is 0 Å². The molecule has 0 bridgehead atoms. The van der Waals surface area contributed by atoms with Gasteiger partial charge in [-0.05, 0) is 48.6 Å². The average Bonchev–Trinajstić information content (AvgIpc) is 2.89. The second-order valence-corrected chi connectivity index (χ2v) is 5.46. The van der Waals surface area contributed by atoms with Gasteiger partial charge in [0.25, 0.3) is 5.91 Å². The lowest BCUT2D eigenvalue weighted by molar-refractivity contribution is -0.113. The van der Waals surface area contributed by atoms with E-state index in [1.165, 1.54) is 4.90 Å². The van der Waals surface area contributed by atoms with Gasteiger partial charge < -0.3 is 14.8 Å². The Kier molecular flexibility index (Phi) is 4.48. The lowest BCUT2D eigenvalue weighted by atomic mass is 10.1. The molecule has 122 valence electrons. The summed E-state index contributed by atoms with van der Waals surface area (Å²) in [5.41, 5.74) is 1.84. The van der Waals surface area contributed by atoms with Crippen LogP contribution in [0.5, 0.6) is 11.5 Å². The van der Waals surface area contributed by atoms with Crippen molar-refractivity contribution in [3.63, 3.8) is 0 Å². The van der Waals surface area contributed by atoms with Crippen molar-refractivity contribution in [2.24, 2.45) is 0 Å². The smallest absolute Gasteiger partial charge is 0.281 e. The van der Waals surface area contributed by atoms with Crippen LogP contribution >= 0.6 is 12.2 Å². The number of nitrogens with zero attached hydrogens (tertiary/aromatic N) is 1. The number of rotatable bonds is 4. The first-order valence-electron chi connectivity index (χ1n) is 7.28. The van der Waals surface area contributed by atoms with E-state index in [1.54, 1.807) is 38.5 Å². The number of nitrogens with one attached hydrogen (secondary N) is 1. The molecule has 1 fully saturated rings. The third-order valence-electron chi connectivity index (χ3n) is 3.63. The van der Waals surface area contributed by atoms with Crippen LogP contribution in [0.2, 0.25) is 0 Å². The molecule has 0 radical (unpaired) electrons. The average molecular weight is 340 g/mol. The molecule has 0 aliphatic carbocycles. The van der Waals surface area contributed by atoms with Gasteiger partial charge in [0.15, 0.2) is 5.11 Å². The summed E-state index contributed by atoms with van der Waals surface area (Å²) < 4.78 is 10.6. The van der Waals surface area contributed by atoms with Crippen molar-refractivity contribution in [3.05, 3.63) is 59.8 Å². The highest BCUT2D eigenvalue weighted by Crippen LogP contribution is 2.28. The van der Waals surface area contributed by atoms with Crippen LogP contribution in [0.1, 0.15) is 5.56 Å². The van der Waals surface area contributed by atoms with Crippen molar-refractivity contribution in [1.82, 2.24) is 5.32 Å². The fourth-order valence-electron chi connectivity index (χ4n) is 2.45. The van der Waals surface area contributed by atoms with Crippen LogP contribution in [0.4, 0.5) is 5.69 Å². The zero-order valence-electron chi connectivity index (χ0n) is 13.3. The highest BCUT2D eigenvalue weighted by Gasteiger charge is 2.32. The maximum atomic E-state index is 12.7. The maximum absolute atomic E-state index is 12.7. The number of hydrogen-bond donors (Lipinski definition) is 1. The van der Waals surface area contributed by atoms with E-state index in [9.17, 15) is 4.79 Å². The number of ether oxygens (including phenoxy) is 2. The Labute approximate surface area is 145 Å². The summed E-state index contributed by atoms with van der Waals surface area (Å²) in [7, 11) is 3.17. The molecule has 2 aromatic carbocycles. The van der Waals surface area contributed by atoms with Gasteiger partial charge in [-0.1, -0.05) is 18.2 Å². The first-order valence-corrected chi connectivity index (χ1v) is 7.69. The van der Waals surface area contributed by atoms with Crippen molar-refractivity contribution in [2.75, 3.05) is 19.1 Å². The Morgan fingerprint density at radius 3 is 2.50 bits per heavy atom. The largest absolute Gasteiger partial charge is 0.497 e. The van der Waals surface area contributed by atoms with Crippen LogP contribution in [0.25, 0.3) is 6.08 Å². The second-order valence-electron chi connectivity index (χ2n) is 5.07. The molecule has 6 heteroatoms. The zero-order valence-corrected chi connectivity index (χ0v) is 14.1. The van der Waals surface area contributed by atoms with E-state index in [-0.39, 0.29) is 5.91 Å². The Balaban J connectivity index is 1.98. The Hall–Kier alpha value is -2.86. The molecule has 0 atom stereocenters. The number of anilines is 1. The van der Waals surface area contributed by atoms with Crippen LogP contribution in [-0.4, -0.2) is 25.2 Å². The first-order chi connectivity index (χ1) is 11.6. The highest BCUT2D eigenvalue weighted by atomic mass is 32.1. The van der Waals surface area contributed by atoms with Crippen LogP contribution in [-0.2, 0) is 4.79 Å². The predicted molar refractivity (Wildman–Crippen MR) is 97.2 cm³/mol. The molecule has 2 aromatic rings. The second kappa shape index (κ2) is 6.72. The monoisotopic (exact) mass is 340 g/mol. The van der Waals surface area contributed by atoms with Gasteiger partial charge in [0.1, 0.15) is 17.2 Å². The van der Waals surface area contributed by atoms with E-state index >= 15 is 0 Å². The van der Waals surface area contributed by atoms with Gasteiger partial charge in [-0.25, -0.2) is 0 Å². The maximum Gasteiger partial charge on any atom is 0.281 e. The topological polar surface area (TPSA) is 50.8 Å². The number of benzene rings is 2. The molecule has 5 nitrogen and oxygen atoms in total. The molecule has 1 heterocycles. The lowest BCUT2D eigenvalue weighted by Crippen LogP contribution is -2.30. The van der Waals surface area contributed by atoms with Crippen molar-refractivity contribution in [3.8, 4) is 11.5 Å². The van der Waals surface area contributed by atoms with Crippen LogP contribution in [0.15, 0.2) is 54.2 Å². The Bertz CT molecular complexity index is 818. The first kappa shape index (κ1) is 16.0. The molecule has 0 unspecified atom stereocenters. The number of para-hydroxylation sites is 1. The van der Waals surface area contributed by atoms with Gasteiger partial charge in [0.05, 0.1) is 19.9 Å². The van der Waals surface area contributed by atoms with E-state index in [0.717, 1.165) is 11.3 Å². The molecule has 1 saturated heterocycles. The summed E-state index contributed by atoms with van der Waals surface area (Å²) >= 11 is 5.30. The zero-order chi connectivity index (χ0) is 17.1. The number of methoxy groups -OCH3 is 2. The summed E-state index contributed by atoms with van der Waals surface area (Å²) in [6, 6.07) is 14.7. The number of thiocarbonyl (C=S) groups is 1. The van der Waals surface area contributed by atoms with Gasteiger partial charge in [-0.15, -0.1) is 0 Å². The summed E-state index contributed by atoms with van der Waals surface area (Å²) in [6.45, 7) is 0. The fraction of sp³-hybridized carbons (Fsp3) is 0.111. The molecule has 0 saturated carbocycles. The van der Waals surface area contributed by atoms with Crippen molar-refractivity contribution < 1.29 is 14.3 Å². The number of hydrogen-bond acceptors (Lipinski definition) is 4. The van der Waals surface area contributed by atoms with Gasteiger partial charge in [0, 0.05) is 5.56 Å². The van der Waals surface area contributed by atoms with Gasteiger partial charge in [0.2, 0.25) is 0 Å². The van der Waals surface area contributed by atoms with E-state index < -0.39 is 0 Å². The molecule has 1 aliphatic heterocycles. The Morgan fingerprint density at radius 2 is 1.83 bits per heavy atom. The van der Waals surface area contributed by atoms with Crippen molar-refractivity contribution in [2.45, 2.75) is 0 Å². The van der Waals surface area contributed by atoms with Crippen LogP contribution in [0.3, 0.4) is 0 Å². The predicted octanol–water partition coefficient (Wildman–Crippen LogP) is 2.97. The van der Waals surface area contributed by atoms with E-state index in [2.05, 4.69) is 5.32 Å². The molecular formula is C18H16N2O3S. The normalized spacial score (nSPS) is 15.6. The van der Waals surface area contributed by atoms with E-state index in [1.807, 2.05) is 30.3 Å². The SMILES string of the molecule is COc1ccc(OC)c(/C=C2/NC(=S)N(c3ccccc3)C2=O)c1. The third kappa shape index (κ3) is 2.96. The molecule has 0 spiro atoms. The molecular weight excluding hydrogens is 324 g/mol. The summed E-state index contributed by atoms with van der Waals surface area (Å²) in [6.07, 6.45) is 1.71. The number of carbonyl (C=O) groups excluding carboxylic acids is 1. The summed E-state index contributed by atoms with van der Waals surface area (Å²) in [4.78, 5) is 14.2. The highest BCUT2D eigenvalue weighted by molar-refractivity contribution is 7.80. The van der Waals surface area contributed by atoms with Gasteiger partial charge in [-0.2, -0.15) is 0 Å². The van der Waals surface area contributed by atoms with Gasteiger partial charge in [-0.3, -0.25) is 9.69 Å². The van der Waals surface area contributed by atoms with Crippen molar-refractivity contribution >= 4 is 35.0 Å². The molecule has 1 aliphatic rings. The minimum atomic E-state index is -0.212.